The topological polar surface area (TPSA) is 110 Å². The molecule has 7 heteroatoms. The molecular weight excluding hydrogens is 222 g/mol. The van der Waals surface area contributed by atoms with Crippen LogP contribution in [0.3, 0.4) is 0 Å². The Kier molecular flexibility index (Phi) is 4.86. The molecule has 17 heavy (non-hydrogen) atoms. The average molecular weight is 237 g/mol. The number of carbonyl (C=O) groups is 2. The molecule has 4 N–H and O–H groups in total. The smallest absolute Gasteiger partial charge is 0.271 e. The van der Waals surface area contributed by atoms with Crippen LogP contribution in [0.15, 0.2) is 12.4 Å². The minimum absolute atomic E-state index is 0.103. The van der Waals surface area contributed by atoms with Gasteiger partial charge in [-0.15, -0.1) is 0 Å². The second-order valence-corrected chi connectivity index (χ2v) is 3.29. The standard InChI is InChI=1S/C10H15N5O2/c1-2-13-9-6-12-5-7(15-9)10(17)14-4-3-8(11)16/h5-6H,2-4H2,1H3,(H2,11,16)(H,13,15)(H,14,17). The number of hydrogen-bond acceptors (Lipinski definition) is 5. The third-order valence-corrected chi connectivity index (χ3v) is 1.88. The maximum atomic E-state index is 11.6. The molecule has 0 bridgehead atoms. The largest absolute Gasteiger partial charge is 0.370 e. The zero-order valence-corrected chi connectivity index (χ0v) is 9.56. The van der Waals surface area contributed by atoms with E-state index in [4.69, 9.17) is 5.73 Å². The number of nitrogens with one attached hydrogen (secondary N) is 2. The zero-order chi connectivity index (χ0) is 12.7. The highest BCUT2D eigenvalue weighted by atomic mass is 16.2. The number of carbonyl (C=O) groups excluding carboxylic acids is 2. The van der Waals surface area contributed by atoms with Crippen molar-refractivity contribution in [3.05, 3.63) is 18.1 Å². The number of nitrogens with two attached hydrogens (primary N) is 1. The highest BCUT2D eigenvalue weighted by molar-refractivity contribution is 5.92. The minimum atomic E-state index is -0.460. The van der Waals surface area contributed by atoms with Gasteiger partial charge in [-0.3, -0.25) is 14.6 Å². The van der Waals surface area contributed by atoms with Crippen LogP contribution in [0.1, 0.15) is 23.8 Å². The predicted octanol–water partition coefficient (Wildman–Crippen LogP) is -0.486. The van der Waals surface area contributed by atoms with Crippen molar-refractivity contribution in [3.63, 3.8) is 0 Å². The van der Waals surface area contributed by atoms with E-state index >= 15 is 0 Å². The van der Waals surface area contributed by atoms with Crippen molar-refractivity contribution in [2.24, 2.45) is 5.73 Å². The average Bonchev–Trinajstić information content (AvgIpc) is 2.29. The van der Waals surface area contributed by atoms with Crippen molar-refractivity contribution in [3.8, 4) is 0 Å². The summed E-state index contributed by atoms with van der Waals surface area (Å²) >= 11 is 0. The maximum absolute atomic E-state index is 11.6. The van der Waals surface area contributed by atoms with E-state index in [2.05, 4.69) is 20.6 Å². The van der Waals surface area contributed by atoms with Crippen molar-refractivity contribution in [2.75, 3.05) is 18.4 Å². The van der Waals surface area contributed by atoms with Gasteiger partial charge in [0.25, 0.3) is 5.91 Å². The van der Waals surface area contributed by atoms with Crippen molar-refractivity contribution in [2.45, 2.75) is 13.3 Å². The fraction of sp³-hybridized carbons (Fsp3) is 0.400. The molecule has 0 fully saturated rings. The first kappa shape index (κ1) is 12.9. The van der Waals surface area contributed by atoms with Crippen LogP contribution in [0, 0.1) is 0 Å². The normalized spacial score (nSPS) is 9.71. The molecule has 1 heterocycles. The lowest BCUT2D eigenvalue weighted by molar-refractivity contribution is -0.117. The minimum Gasteiger partial charge on any atom is -0.370 e. The third kappa shape index (κ3) is 4.45. The van der Waals surface area contributed by atoms with E-state index in [1.807, 2.05) is 6.92 Å². The fourth-order valence-electron chi connectivity index (χ4n) is 1.13. The molecule has 92 valence electrons. The molecule has 1 rings (SSSR count). The van der Waals surface area contributed by atoms with Gasteiger partial charge >= 0.3 is 0 Å². The highest BCUT2D eigenvalue weighted by Crippen LogP contribution is 2.01. The number of amides is 2. The first-order valence-corrected chi connectivity index (χ1v) is 5.26. The van der Waals surface area contributed by atoms with Gasteiger partial charge in [-0.05, 0) is 6.92 Å². The van der Waals surface area contributed by atoms with Crippen LogP contribution < -0.4 is 16.4 Å². The summed E-state index contributed by atoms with van der Waals surface area (Å²) < 4.78 is 0. The number of nitrogens with zero attached hydrogens (tertiary/aromatic N) is 2. The molecule has 1 aromatic rings. The molecule has 0 aliphatic carbocycles. The summed E-state index contributed by atoms with van der Waals surface area (Å²) in [5, 5.41) is 5.48. The summed E-state index contributed by atoms with van der Waals surface area (Å²) in [5.41, 5.74) is 5.15. The lowest BCUT2D eigenvalue weighted by atomic mass is 10.3. The second kappa shape index (κ2) is 6.41. The van der Waals surface area contributed by atoms with E-state index in [0.717, 1.165) is 0 Å². The SMILES string of the molecule is CCNc1cncc(C(=O)NCCC(N)=O)n1. The molecule has 0 unspecified atom stereocenters. The van der Waals surface area contributed by atoms with Gasteiger partial charge in [0.15, 0.2) is 0 Å². The Labute approximate surface area is 98.8 Å². The van der Waals surface area contributed by atoms with Gasteiger partial charge in [-0.1, -0.05) is 0 Å². The summed E-state index contributed by atoms with van der Waals surface area (Å²) in [6.45, 7) is 2.81. The van der Waals surface area contributed by atoms with Crippen LogP contribution in [0.25, 0.3) is 0 Å². The number of primary amides is 1. The van der Waals surface area contributed by atoms with Crippen LogP contribution in [0.5, 0.6) is 0 Å². The number of rotatable bonds is 6. The molecule has 0 spiro atoms. The van der Waals surface area contributed by atoms with Crippen molar-refractivity contribution >= 4 is 17.6 Å². The van der Waals surface area contributed by atoms with Crippen molar-refractivity contribution in [1.29, 1.82) is 0 Å². The molecule has 0 aliphatic rings. The van der Waals surface area contributed by atoms with E-state index in [-0.39, 0.29) is 24.6 Å². The number of hydrogen-bond donors (Lipinski definition) is 3. The van der Waals surface area contributed by atoms with E-state index < -0.39 is 5.91 Å². The van der Waals surface area contributed by atoms with Crippen LogP contribution in [-0.2, 0) is 4.79 Å². The van der Waals surface area contributed by atoms with Gasteiger partial charge < -0.3 is 16.4 Å². The van der Waals surface area contributed by atoms with Crippen LogP contribution in [-0.4, -0.2) is 34.9 Å². The Morgan fingerprint density at radius 3 is 2.82 bits per heavy atom. The lowest BCUT2D eigenvalue weighted by Gasteiger charge is -2.05. The summed E-state index contributed by atoms with van der Waals surface area (Å²) in [4.78, 5) is 30.0. The van der Waals surface area contributed by atoms with Gasteiger partial charge in [0.2, 0.25) is 5.91 Å². The van der Waals surface area contributed by atoms with Crippen molar-refractivity contribution < 1.29 is 9.59 Å². The molecule has 1 aromatic heterocycles. The summed E-state index contributed by atoms with van der Waals surface area (Å²) in [5.74, 6) is -0.300. The lowest BCUT2D eigenvalue weighted by Crippen LogP contribution is -2.28. The van der Waals surface area contributed by atoms with Gasteiger partial charge in [0, 0.05) is 19.5 Å². The van der Waals surface area contributed by atoms with Gasteiger partial charge in [0.1, 0.15) is 11.5 Å². The van der Waals surface area contributed by atoms with E-state index in [1.165, 1.54) is 12.4 Å². The fourth-order valence-corrected chi connectivity index (χ4v) is 1.13. The Bertz CT molecular complexity index is 407. The van der Waals surface area contributed by atoms with E-state index in [9.17, 15) is 9.59 Å². The van der Waals surface area contributed by atoms with Crippen LogP contribution >= 0.6 is 0 Å². The number of aromatic nitrogens is 2. The Morgan fingerprint density at radius 1 is 1.41 bits per heavy atom. The van der Waals surface area contributed by atoms with E-state index in [1.54, 1.807) is 0 Å². The molecule has 0 atom stereocenters. The first-order valence-electron chi connectivity index (χ1n) is 5.26. The van der Waals surface area contributed by atoms with Gasteiger partial charge in [-0.25, -0.2) is 4.98 Å². The van der Waals surface area contributed by atoms with Crippen molar-refractivity contribution in [1.82, 2.24) is 15.3 Å². The molecule has 7 nitrogen and oxygen atoms in total. The van der Waals surface area contributed by atoms with Crippen LogP contribution in [0.4, 0.5) is 5.82 Å². The third-order valence-electron chi connectivity index (χ3n) is 1.88. The molecular formula is C10H15N5O2. The van der Waals surface area contributed by atoms with Gasteiger partial charge in [-0.2, -0.15) is 0 Å². The molecule has 0 saturated carbocycles. The summed E-state index contributed by atoms with van der Waals surface area (Å²) in [7, 11) is 0. The Balaban J connectivity index is 2.56. The molecule has 0 radical (unpaired) electrons. The zero-order valence-electron chi connectivity index (χ0n) is 9.56. The maximum Gasteiger partial charge on any atom is 0.271 e. The quantitative estimate of drug-likeness (QED) is 0.618. The van der Waals surface area contributed by atoms with E-state index in [0.29, 0.717) is 12.4 Å². The van der Waals surface area contributed by atoms with Crippen LogP contribution in [0.2, 0.25) is 0 Å². The van der Waals surface area contributed by atoms with Gasteiger partial charge in [0.05, 0.1) is 12.4 Å². The summed E-state index contributed by atoms with van der Waals surface area (Å²) in [6, 6.07) is 0. The number of anilines is 1. The molecule has 2 amide bonds. The molecule has 0 aromatic carbocycles. The Morgan fingerprint density at radius 2 is 2.18 bits per heavy atom. The predicted molar refractivity (Wildman–Crippen MR) is 62.3 cm³/mol. The summed E-state index contributed by atoms with van der Waals surface area (Å²) in [6.07, 6.45) is 3.00. The molecule has 0 aliphatic heterocycles. The second-order valence-electron chi connectivity index (χ2n) is 3.29. The first-order chi connectivity index (χ1) is 8.13. The molecule has 0 saturated heterocycles. The monoisotopic (exact) mass is 237 g/mol. The Hall–Kier alpha value is -2.18. The highest BCUT2D eigenvalue weighted by Gasteiger charge is 2.08.